The number of amides is 3. The molecular weight excluding hydrogens is 472 g/mol. The van der Waals surface area contributed by atoms with Crippen LogP contribution >= 0.6 is 11.8 Å². The van der Waals surface area contributed by atoms with Crippen molar-refractivity contribution in [3.05, 3.63) is 89.9 Å². The van der Waals surface area contributed by atoms with Crippen LogP contribution in [0.3, 0.4) is 0 Å². The first-order valence-electron chi connectivity index (χ1n) is 11.4. The van der Waals surface area contributed by atoms with Crippen LogP contribution in [0.15, 0.2) is 82.7 Å². The SMILES string of the molecule is Cc1ccc(-n2nc(C(C)(C)C)cc2NC(=O)Nc2ccc(Sc3ccnc(C(N)=O)c3)cc2)cc1. The lowest BCUT2D eigenvalue weighted by Gasteiger charge is -2.14. The van der Waals surface area contributed by atoms with E-state index < -0.39 is 5.91 Å². The van der Waals surface area contributed by atoms with Crippen LogP contribution in [-0.2, 0) is 5.41 Å². The Morgan fingerprint density at radius 1 is 0.917 bits per heavy atom. The van der Waals surface area contributed by atoms with Crippen molar-refractivity contribution < 1.29 is 9.59 Å². The zero-order chi connectivity index (χ0) is 25.9. The number of anilines is 2. The maximum absolute atomic E-state index is 12.8. The summed E-state index contributed by atoms with van der Waals surface area (Å²) in [5.74, 6) is 0.0118. The van der Waals surface area contributed by atoms with Crippen LogP contribution in [0.25, 0.3) is 5.69 Å². The van der Waals surface area contributed by atoms with Gasteiger partial charge in [0.1, 0.15) is 11.5 Å². The molecule has 0 atom stereocenters. The van der Waals surface area contributed by atoms with E-state index in [0.29, 0.717) is 11.5 Å². The fourth-order valence-electron chi connectivity index (χ4n) is 3.35. The minimum Gasteiger partial charge on any atom is -0.364 e. The minimum atomic E-state index is -0.568. The first kappa shape index (κ1) is 25.0. The van der Waals surface area contributed by atoms with Crippen molar-refractivity contribution >= 4 is 35.2 Å². The summed E-state index contributed by atoms with van der Waals surface area (Å²) in [4.78, 5) is 29.9. The standard InChI is InChI=1S/C27H28N6O2S/c1-17-5-9-19(10-6-17)33-24(16-23(32-33)27(2,3)4)31-26(35)30-18-7-11-20(12-8-18)36-21-13-14-29-22(15-21)25(28)34/h5-16H,1-4H3,(H2,28,34)(H2,30,31,35). The molecule has 8 nitrogen and oxygen atoms in total. The van der Waals surface area contributed by atoms with Crippen molar-refractivity contribution in [1.29, 1.82) is 0 Å². The molecule has 0 radical (unpaired) electrons. The number of carbonyl (C=O) groups is 2. The molecule has 0 saturated carbocycles. The summed E-state index contributed by atoms with van der Waals surface area (Å²) in [7, 11) is 0. The fourth-order valence-corrected chi connectivity index (χ4v) is 4.19. The molecule has 0 fully saturated rings. The Bertz CT molecular complexity index is 1390. The molecule has 0 spiro atoms. The van der Waals surface area contributed by atoms with Crippen LogP contribution in [0.2, 0.25) is 0 Å². The lowest BCUT2D eigenvalue weighted by atomic mass is 9.92. The number of primary amides is 1. The van der Waals surface area contributed by atoms with Crippen molar-refractivity contribution in [2.24, 2.45) is 5.73 Å². The van der Waals surface area contributed by atoms with Gasteiger partial charge >= 0.3 is 6.03 Å². The average molecular weight is 501 g/mol. The second-order valence-corrected chi connectivity index (χ2v) is 10.5. The van der Waals surface area contributed by atoms with E-state index >= 15 is 0 Å². The van der Waals surface area contributed by atoms with Gasteiger partial charge in [0, 0.05) is 33.2 Å². The number of nitrogens with zero attached hydrogens (tertiary/aromatic N) is 3. The molecule has 0 bridgehead atoms. The van der Waals surface area contributed by atoms with Crippen LogP contribution in [-0.4, -0.2) is 26.7 Å². The van der Waals surface area contributed by atoms with Gasteiger partial charge in [-0.25, -0.2) is 9.48 Å². The number of urea groups is 1. The van der Waals surface area contributed by atoms with Crippen molar-refractivity contribution in [3.63, 3.8) is 0 Å². The highest BCUT2D eigenvalue weighted by atomic mass is 32.2. The number of rotatable bonds is 6. The molecule has 4 aromatic rings. The molecule has 184 valence electrons. The summed E-state index contributed by atoms with van der Waals surface area (Å²) in [6, 6.07) is 20.4. The molecular formula is C27H28N6O2S. The highest BCUT2D eigenvalue weighted by Crippen LogP contribution is 2.29. The summed E-state index contributed by atoms with van der Waals surface area (Å²) in [5, 5.41) is 10.5. The summed E-state index contributed by atoms with van der Waals surface area (Å²) in [5.41, 5.74) is 8.87. The molecule has 0 aliphatic rings. The number of hydrogen-bond acceptors (Lipinski definition) is 5. The van der Waals surface area contributed by atoms with Crippen LogP contribution in [0.5, 0.6) is 0 Å². The van der Waals surface area contributed by atoms with E-state index in [1.54, 1.807) is 23.0 Å². The Balaban J connectivity index is 1.47. The second-order valence-electron chi connectivity index (χ2n) is 9.36. The van der Waals surface area contributed by atoms with E-state index in [9.17, 15) is 9.59 Å². The molecule has 0 aliphatic carbocycles. The van der Waals surface area contributed by atoms with Gasteiger partial charge in [0.05, 0.1) is 11.4 Å². The highest BCUT2D eigenvalue weighted by Gasteiger charge is 2.21. The zero-order valence-corrected chi connectivity index (χ0v) is 21.4. The number of pyridine rings is 1. The summed E-state index contributed by atoms with van der Waals surface area (Å²) in [6.07, 6.45) is 1.55. The van der Waals surface area contributed by atoms with Crippen LogP contribution in [0, 0.1) is 6.92 Å². The number of benzene rings is 2. The Kier molecular flexibility index (Phi) is 7.12. The third-order valence-corrected chi connectivity index (χ3v) is 6.33. The molecule has 4 N–H and O–H groups in total. The topological polar surface area (TPSA) is 115 Å². The monoisotopic (exact) mass is 500 g/mol. The molecule has 9 heteroatoms. The molecule has 0 unspecified atom stereocenters. The number of nitrogens with two attached hydrogens (primary N) is 1. The van der Waals surface area contributed by atoms with Gasteiger partial charge in [-0.15, -0.1) is 0 Å². The van der Waals surface area contributed by atoms with E-state index in [0.717, 1.165) is 26.7 Å². The van der Waals surface area contributed by atoms with Gasteiger partial charge in [-0.05, 0) is 55.5 Å². The predicted molar refractivity (Wildman–Crippen MR) is 143 cm³/mol. The maximum Gasteiger partial charge on any atom is 0.324 e. The number of aromatic nitrogens is 3. The third kappa shape index (κ3) is 6.11. The Hall–Kier alpha value is -4.11. The van der Waals surface area contributed by atoms with Crippen molar-refractivity contribution in [3.8, 4) is 5.69 Å². The van der Waals surface area contributed by atoms with Gasteiger partial charge in [-0.3, -0.25) is 15.1 Å². The Morgan fingerprint density at radius 3 is 2.25 bits per heavy atom. The quantitative estimate of drug-likeness (QED) is 0.311. The van der Waals surface area contributed by atoms with Crippen LogP contribution < -0.4 is 16.4 Å². The van der Waals surface area contributed by atoms with Gasteiger partial charge in [-0.1, -0.05) is 50.2 Å². The van der Waals surface area contributed by atoms with E-state index in [1.807, 2.05) is 61.5 Å². The average Bonchev–Trinajstić information content (AvgIpc) is 3.25. The molecule has 36 heavy (non-hydrogen) atoms. The molecule has 2 aromatic heterocycles. The zero-order valence-electron chi connectivity index (χ0n) is 20.6. The molecule has 0 aliphatic heterocycles. The molecule has 3 amide bonds. The van der Waals surface area contributed by atoms with E-state index in [2.05, 4.69) is 36.4 Å². The molecule has 2 aromatic carbocycles. The third-order valence-electron chi connectivity index (χ3n) is 5.33. The van der Waals surface area contributed by atoms with E-state index in [-0.39, 0.29) is 17.1 Å². The van der Waals surface area contributed by atoms with E-state index in [1.165, 1.54) is 11.8 Å². The predicted octanol–water partition coefficient (Wildman–Crippen LogP) is 5.77. The Morgan fingerprint density at radius 2 is 1.61 bits per heavy atom. The Labute approximate surface area is 214 Å². The van der Waals surface area contributed by atoms with Crippen LogP contribution in [0.4, 0.5) is 16.3 Å². The summed E-state index contributed by atoms with van der Waals surface area (Å²) < 4.78 is 1.74. The van der Waals surface area contributed by atoms with Gasteiger partial charge in [0.25, 0.3) is 5.91 Å². The first-order chi connectivity index (χ1) is 17.1. The van der Waals surface area contributed by atoms with E-state index in [4.69, 9.17) is 10.8 Å². The molecule has 4 rings (SSSR count). The van der Waals surface area contributed by atoms with Crippen molar-refractivity contribution in [2.75, 3.05) is 10.6 Å². The molecule has 2 heterocycles. The largest absolute Gasteiger partial charge is 0.364 e. The van der Waals surface area contributed by atoms with Gasteiger partial charge in [0.2, 0.25) is 0 Å². The number of aryl methyl sites for hydroxylation is 1. The van der Waals surface area contributed by atoms with Gasteiger partial charge in [0.15, 0.2) is 0 Å². The maximum atomic E-state index is 12.8. The number of carbonyl (C=O) groups excluding carboxylic acids is 2. The van der Waals surface area contributed by atoms with Gasteiger partial charge in [-0.2, -0.15) is 5.10 Å². The lowest BCUT2D eigenvalue weighted by Crippen LogP contribution is -2.21. The minimum absolute atomic E-state index is 0.177. The second kappa shape index (κ2) is 10.2. The van der Waals surface area contributed by atoms with Crippen molar-refractivity contribution in [1.82, 2.24) is 14.8 Å². The highest BCUT2D eigenvalue weighted by molar-refractivity contribution is 7.99. The fraction of sp³-hybridized carbons (Fsp3) is 0.185. The summed E-state index contributed by atoms with van der Waals surface area (Å²) in [6.45, 7) is 8.27. The van der Waals surface area contributed by atoms with Crippen LogP contribution in [0.1, 0.15) is 42.5 Å². The molecule has 0 saturated heterocycles. The summed E-state index contributed by atoms with van der Waals surface area (Å²) >= 11 is 1.47. The lowest BCUT2D eigenvalue weighted by molar-refractivity contribution is 0.0995. The number of nitrogens with one attached hydrogen (secondary N) is 2. The normalized spacial score (nSPS) is 11.2. The smallest absolute Gasteiger partial charge is 0.324 e. The van der Waals surface area contributed by atoms with Crippen molar-refractivity contribution in [2.45, 2.75) is 42.9 Å². The van der Waals surface area contributed by atoms with Gasteiger partial charge < -0.3 is 11.1 Å². The number of hydrogen-bond donors (Lipinski definition) is 3. The first-order valence-corrected chi connectivity index (χ1v) is 12.2.